The van der Waals surface area contributed by atoms with Gasteiger partial charge in [-0.3, -0.25) is 9.00 Å². The molecule has 0 fully saturated rings. The number of carbonyl (C=O) groups excluding carboxylic acids is 1. The monoisotopic (exact) mass is 313 g/mol. The summed E-state index contributed by atoms with van der Waals surface area (Å²) in [5.41, 5.74) is 1.76. The van der Waals surface area contributed by atoms with Crippen LogP contribution in [-0.2, 0) is 21.3 Å². The molecule has 0 aliphatic heterocycles. The Morgan fingerprint density at radius 2 is 2.20 bits per heavy atom. The van der Waals surface area contributed by atoms with Crippen molar-refractivity contribution in [3.63, 3.8) is 0 Å². The quantitative estimate of drug-likeness (QED) is 0.748. The topological polar surface area (TPSA) is 46.2 Å². The highest BCUT2D eigenvalue weighted by Gasteiger charge is 2.13. The van der Waals surface area contributed by atoms with Crippen LogP contribution in [0, 0.1) is 0 Å². The number of carbonyl (C=O) groups is 1. The van der Waals surface area contributed by atoms with E-state index in [9.17, 15) is 9.00 Å². The van der Waals surface area contributed by atoms with Crippen molar-refractivity contribution in [2.75, 3.05) is 17.3 Å². The maximum Gasteiger partial charge on any atom is 0.237 e. The summed E-state index contributed by atoms with van der Waals surface area (Å²) < 4.78 is 11.2. The van der Waals surface area contributed by atoms with Crippen LogP contribution in [0.3, 0.4) is 0 Å². The summed E-state index contributed by atoms with van der Waals surface area (Å²) in [6, 6.07) is 7.56. The third-order valence-corrected chi connectivity index (χ3v) is 4.78. The molecule has 0 bridgehead atoms. The van der Waals surface area contributed by atoms with Gasteiger partial charge in [-0.2, -0.15) is 0 Å². The fraction of sp³-hybridized carbons (Fsp3) is 0.533. The Morgan fingerprint density at radius 1 is 1.45 bits per heavy atom. The molecule has 1 amide bonds. The van der Waals surface area contributed by atoms with Gasteiger partial charge in [-0.05, 0) is 36.8 Å². The average molecular weight is 313 g/mol. The van der Waals surface area contributed by atoms with Gasteiger partial charge in [0.1, 0.15) is 0 Å². The van der Waals surface area contributed by atoms with Crippen molar-refractivity contribution < 1.29 is 9.00 Å². The molecule has 0 aliphatic rings. The molecule has 1 aromatic rings. The van der Waals surface area contributed by atoms with Gasteiger partial charge in [0, 0.05) is 28.5 Å². The molecule has 112 valence electrons. The van der Waals surface area contributed by atoms with Crippen LogP contribution >= 0.6 is 11.8 Å². The molecule has 0 aliphatic carbocycles. The van der Waals surface area contributed by atoms with Crippen molar-refractivity contribution in [1.29, 1.82) is 0 Å². The van der Waals surface area contributed by atoms with Gasteiger partial charge < -0.3 is 5.32 Å². The lowest BCUT2D eigenvalue weighted by Crippen LogP contribution is -2.22. The third kappa shape index (κ3) is 6.57. The zero-order chi connectivity index (χ0) is 15.0. The maximum absolute atomic E-state index is 12.0. The number of amides is 1. The Morgan fingerprint density at radius 3 is 2.85 bits per heavy atom. The Kier molecular flexibility index (Phi) is 7.92. The lowest BCUT2D eigenvalue weighted by atomic mass is 10.2. The molecule has 1 aromatic carbocycles. The summed E-state index contributed by atoms with van der Waals surface area (Å²) in [4.78, 5) is 12.0. The number of hydrogen-bond donors (Lipinski definition) is 1. The molecule has 0 radical (unpaired) electrons. The molecule has 3 nitrogen and oxygen atoms in total. The number of benzene rings is 1. The molecule has 2 atom stereocenters. The fourth-order valence-corrected chi connectivity index (χ4v) is 3.37. The lowest BCUT2D eigenvalue weighted by Gasteiger charge is -2.12. The zero-order valence-electron chi connectivity index (χ0n) is 12.3. The molecule has 0 unspecified atom stereocenters. The van der Waals surface area contributed by atoms with Crippen LogP contribution < -0.4 is 5.32 Å². The Labute approximate surface area is 128 Å². The van der Waals surface area contributed by atoms with Gasteiger partial charge in [0.05, 0.1) is 5.25 Å². The van der Waals surface area contributed by atoms with Crippen molar-refractivity contribution in [3.05, 3.63) is 29.8 Å². The second kappa shape index (κ2) is 9.19. The van der Waals surface area contributed by atoms with E-state index in [0.29, 0.717) is 5.75 Å². The van der Waals surface area contributed by atoms with E-state index in [1.54, 1.807) is 18.0 Å². The molecular formula is C15H23NO2S2. The Hall–Kier alpha value is -0.810. The largest absolute Gasteiger partial charge is 0.325 e. The van der Waals surface area contributed by atoms with Gasteiger partial charge in [0.2, 0.25) is 5.91 Å². The SMILES string of the molecule is CCCCS[C@@H](C)C(=O)Nc1cccc(C[S@@](C)=O)c1. The fourth-order valence-electron chi connectivity index (χ4n) is 1.70. The Bertz CT molecular complexity index is 463. The van der Waals surface area contributed by atoms with E-state index in [0.717, 1.165) is 29.8 Å². The van der Waals surface area contributed by atoms with Crippen LogP contribution in [-0.4, -0.2) is 27.4 Å². The summed E-state index contributed by atoms with van der Waals surface area (Å²) in [7, 11) is -0.869. The average Bonchev–Trinajstić information content (AvgIpc) is 2.38. The first-order valence-electron chi connectivity index (χ1n) is 6.84. The van der Waals surface area contributed by atoms with Crippen LogP contribution in [0.5, 0.6) is 0 Å². The standard InChI is InChI=1S/C15H23NO2S2/c1-4-5-9-19-12(2)15(17)16-14-8-6-7-13(10-14)11-20(3)18/h6-8,10,12H,4-5,9,11H2,1-3H3,(H,16,17)/t12-,20+/m0/s1. The summed E-state index contributed by atoms with van der Waals surface area (Å²) >= 11 is 1.68. The number of hydrogen-bond acceptors (Lipinski definition) is 3. The van der Waals surface area contributed by atoms with E-state index in [1.165, 1.54) is 0 Å². The molecule has 0 heterocycles. The highest BCUT2D eigenvalue weighted by molar-refractivity contribution is 8.00. The van der Waals surface area contributed by atoms with E-state index in [2.05, 4.69) is 12.2 Å². The minimum Gasteiger partial charge on any atom is -0.325 e. The summed E-state index contributed by atoms with van der Waals surface area (Å²) in [5.74, 6) is 1.56. The van der Waals surface area contributed by atoms with Crippen molar-refractivity contribution >= 4 is 34.2 Å². The van der Waals surface area contributed by atoms with Crippen molar-refractivity contribution in [2.24, 2.45) is 0 Å². The summed E-state index contributed by atoms with van der Waals surface area (Å²) in [6.07, 6.45) is 3.97. The van der Waals surface area contributed by atoms with E-state index in [1.807, 2.05) is 31.2 Å². The van der Waals surface area contributed by atoms with E-state index in [4.69, 9.17) is 0 Å². The van der Waals surface area contributed by atoms with Crippen molar-refractivity contribution in [3.8, 4) is 0 Å². The number of unbranched alkanes of at least 4 members (excludes halogenated alkanes) is 1. The van der Waals surface area contributed by atoms with E-state index < -0.39 is 10.8 Å². The highest BCUT2D eigenvalue weighted by Crippen LogP contribution is 2.17. The first-order valence-corrected chi connectivity index (χ1v) is 9.62. The lowest BCUT2D eigenvalue weighted by molar-refractivity contribution is -0.115. The highest BCUT2D eigenvalue weighted by atomic mass is 32.2. The second-order valence-electron chi connectivity index (χ2n) is 4.77. The van der Waals surface area contributed by atoms with Crippen LogP contribution in [0.2, 0.25) is 0 Å². The van der Waals surface area contributed by atoms with Gasteiger partial charge in [-0.15, -0.1) is 11.8 Å². The molecule has 1 rings (SSSR count). The number of anilines is 1. The molecule has 0 saturated heterocycles. The molecule has 0 aromatic heterocycles. The number of nitrogens with one attached hydrogen (secondary N) is 1. The summed E-state index contributed by atoms with van der Waals surface area (Å²) in [6.45, 7) is 4.08. The predicted molar refractivity (Wildman–Crippen MR) is 89.7 cm³/mol. The molecule has 0 saturated carbocycles. The maximum atomic E-state index is 12.0. The normalized spacial score (nSPS) is 13.8. The molecule has 5 heteroatoms. The van der Waals surface area contributed by atoms with Crippen LogP contribution in [0.1, 0.15) is 32.3 Å². The second-order valence-corrected chi connectivity index (χ2v) is 7.66. The predicted octanol–water partition coefficient (Wildman–Crippen LogP) is 3.43. The molecule has 1 N–H and O–H groups in total. The van der Waals surface area contributed by atoms with Gasteiger partial charge >= 0.3 is 0 Å². The first kappa shape index (κ1) is 17.2. The van der Waals surface area contributed by atoms with Crippen molar-refractivity contribution in [1.82, 2.24) is 0 Å². The smallest absolute Gasteiger partial charge is 0.237 e. The zero-order valence-corrected chi connectivity index (χ0v) is 14.0. The van der Waals surface area contributed by atoms with E-state index >= 15 is 0 Å². The van der Waals surface area contributed by atoms with Gasteiger partial charge in [0.15, 0.2) is 0 Å². The van der Waals surface area contributed by atoms with Gasteiger partial charge in [-0.1, -0.05) is 25.5 Å². The van der Waals surface area contributed by atoms with Gasteiger partial charge in [0.25, 0.3) is 0 Å². The first-order chi connectivity index (χ1) is 9.52. The van der Waals surface area contributed by atoms with E-state index in [-0.39, 0.29) is 11.2 Å². The summed E-state index contributed by atoms with van der Waals surface area (Å²) in [5, 5.41) is 2.87. The minimum atomic E-state index is -0.869. The van der Waals surface area contributed by atoms with Crippen LogP contribution in [0.4, 0.5) is 5.69 Å². The number of rotatable bonds is 8. The Balaban J connectivity index is 2.54. The van der Waals surface area contributed by atoms with Crippen LogP contribution in [0.25, 0.3) is 0 Å². The molecular weight excluding hydrogens is 290 g/mol. The van der Waals surface area contributed by atoms with Crippen molar-refractivity contribution in [2.45, 2.75) is 37.7 Å². The van der Waals surface area contributed by atoms with Crippen LogP contribution in [0.15, 0.2) is 24.3 Å². The minimum absolute atomic E-state index is 0.0286. The third-order valence-electron chi connectivity index (χ3n) is 2.80. The molecule has 0 spiro atoms. The molecule has 20 heavy (non-hydrogen) atoms. The van der Waals surface area contributed by atoms with Gasteiger partial charge in [-0.25, -0.2) is 0 Å². The number of thioether (sulfide) groups is 1.